The van der Waals surface area contributed by atoms with E-state index in [0.717, 1.165) is 0 Å². The van der Waals surface area contributed by atoms with Crippen molar-refractivity contribution >= 4 is 11.8 Å². The van der Waals surface area contributed by atoms with Gasteiger partial charge in [0.15, 0.2) is 0 Å². The van der Waals surface area contributed by atoms with Gasteiger partial charge >= 0.3 is 0 Å². The molecule has 2 rings (SSSR count). The van der Waals surface area contributed by atoms with Crippen molar-refractivity contribution in [2.75, 3.05) is 0 Å². The fourth-order valence-electron chi connectivity index (χ4n) is 2.28. The summed E-state index contributed by atoms with van der Waals surface area (Å²) in [5.74, 6) is 0.485. The SMILES string of the molecule is CC(C)C1NC(=O)C(C)(C)N(Cc2ncnn2C)C1=O. The second-order valence-electron chi connectivity index (χ2n) is 5.98. The molecule has 1 aliphatic heterocycles. The molecule has 110 valence electrons. The van der Waals surface area contributed by atoms with Crippen molar-refractivity contribution in [2.24, 2.45) is 13.0 Å². The lowest BCUT2D eigenvalue weighted by Gasteiger charge is -2.45. The zero-order valence-electron chi connectivity index (χ0n) is 12.5. The van der Waals surface area contributed by atoms with Crippen LogP contribution in [0.4, 0.5) is 0 Å². The summed E-state index contributed by atoms with van der Waals surface area (Å²) in [7, 11) is 1.77. The van der Waals surface area contributed by atoms with E-state index >= 15 is 0 Å². The molecule has 1 aromatic rings. The Balaban J connectivity index is 2.33. The van der Waals surface area contributed by atoms with Gasteiger partial charge in [-0.3, -0.25) is 14.3 Å². The number of amides is 2. The summed E-state index contributed by atoms with van der Waals surface area (Å²) in [6.07, 6.45) is 1.44. The number of nitrogens with zero attached hydrogens (tertiary/aromatic N) is 4. The summed E-state index contributed by atoms with van der Waals surface area (Å²) in [5, 5.41) is 6.80. The van der Waals surface area contributed by atoms with Crippen LogP contribution in [0.3, 0.4) is 0 Å². The lowest BCUT2D eigenvalue weighted by molar-refractivity contribution is -0.157. The maximum Gasteiger partial charge on any atom is 0.246 e. The minimum Gasteiger partial charge on any atom is -0.342 e. The zero-order valence-corrected chi connectivity index (χ0v) is 12.5. The minimum absolute atomic E-state index is 0.0459. The van der Waals surface area contributed by atoms with Gasteiger partial charge in [-0.15, -0.1) is 0 Å². The van der Waals surface area contributed by atoms with E-state index in [-0.39, 0.29) is 24.3 Å². The van der Waals surface area contributed by atoms with Crippen LogP contribution < -0.4 is 5.32 Å². The maximum absolute atomic E-state index is 12.6. The van der Waals surface area contributed by atoms with Gasteiger partial charge in [-0.05, 0) is 19.8 Å². The predicted octanol–water partition coefficient (Wildman–Crippen LogP) is 0.0767. The number of hydrogen-bond donors (Lipinski definition) is 1. The molecular formula is C13H21N5O2. The molecule has 7 heteroatoms. The quantitative estimate of drug-likeness (QED) is 0.849. The third-order valence-corrected chi connectivity index (χ3v) is 3.82. The normalized spacial score (nSPS) is 22.3. The summed E-state index contributed by atoms with van der Waals surface area (Å²) in [4.78, 5) is 30.6. The van der Waals surface area contributed by atoms with E-state index in [2.05, 4.69) is 15.4 Å². The Bertz CT molecular complexity index is 535. The number of carbonyl (C=O) groups is 2. The Kier molecular flexibility index (Phi) is 3.54. The van der Waals surface area contributed by atoms with E-state index < -0.39 is 11.6 Å². The first-order valence-corrected chi connectivity index (χ1v) is 6.70. The third-order valence-electron chi connectivity index (χ3n) is 3.82. The molecule has 0 saturated carbocycles. The summed E-state index contributed by atoms with van der Waals surface area (Å²) in [5.41, 5.74) is -0.894. The Morgan fingerprint density at radius 1 is 1.40 bits per heavy atom. The molecule has 0 spiro atoms. The molecule has 0 aromatic carbocycles. The van der Waals surface area contributed by atoms with E-state index in [4.69, 9.17) is 0 Å². The van der Waals surface area contributed by atoms with E-state index in [1.165, 1.54) is 6.33 Å². The number of aromatic nitrogens is 3. The molecular weight excluding hydrogens is 258 g/mol. The Hall–Kier alpha value is -1.92. The van der Waals surface area contributed by atoms with Gasteiger partial charge in [0.25, 0.3) is 0 Å². The highest BCUT2D eigenvalue weighted by atomic mass is 16.2. The molecule has 1 unspecified atom stereocenters. The van der Waals surface area contributed by atoms with Gasteiger partial charge in [0, 0.05) is 7.05 Å². The lowest BCUT2D eigenvalue weighted by Crippen LogP contribution is -2.69. The summed E-state index contributed by atoms with van der Waals surface area (Å²) >= 11 is 0. The van der Waals surface area contributed by atoms with Crippen molar-refractivity contribution in [1.82, 2.24) is 25.0 Å². The van der Waals surface area contributed by atoms with E-state index in [9.17, 15) is 9.59 Å². The average Bonchev–Trinajstić information content (AvgIpc) is 2.75. The highest BCUT2D eigenvalue weighted by Gasteiger charge is 2.47. The van der Waals surface area contributed by atoms with E-state index in [1.807, 2.05) is 13.8 Å². The number of rotatable bonds is 3. The monoisotopic (exact) mass is 279 g/mol. The van der Waals surface area contributed by atoms with Crippen molar-refractivity contribution in [3.8, 4) is 0 Å². The molecule has 20 heavy (non-hydrogen) atoms. The van der Waals surface area contributed by atoms with Crippen LogP contribution in [0.25, 0.3) is 0 Å². The number of piperazine rings is 1. The second kappa shape index (κ2) is 4.88. The topological polar surface area (TPSA) is 80.1 Å². The fourth-order valence-corrected chi connectivity index (χ4v) is 2.28. The summed E-state index contributed by atoms with van der Waals surface area (Å²) < 4.78 is 1.61. The third kappa shape index (κ3) is 2.28. The Labute approximate surface area is 118 Å². The number of hydrogen-bond acceptors (Lipinski definition) is 4. The van der Waals surface area contributed by atoms with Crippen LogP contribution in [0.15, 0.2) is 6.33 Å². The number of carbonyl (C=O) groups excluding carboxylic acids is 2. The Morgan fingerprint density at radius 3 is 2.55 bits per heavy atom. The van der Waals surface area contributed by atoms with E-state index in [0.29, 0.717) is 5.82 Å². The largest absolute Gasteiger partial charge is 0.342 e. The van der Waals surface area contributed by atoms with Gasteiger partial charge in [0.2, 0.25) is 11.8 Å². The smallest absolute Gasteiger partial charge is 0.246 e. The highest BCUT2D eigenvalue weighted by molar-refractivity contribution is 5.99. The summed E-state index contributed by atoms with van der Waals surface area (Å²) in [6.45, 7) is 7.60. The minimum atomic E-state index is -0.894. The molecule has 1 atom stereocenters. The van der Waals surface area contributed by atoms with Gasteiger partial charge in [0.05, 0.1) is 6.54 Å². The number of nitrogens with one attached hydrogen (secondary N) is 1. The van der Waals surface area contributed by atoms with Gasteiger partial charge in [-0.2, -0.15) is 5.10 Å². The average molecular weight is 279 g/mol. The van der Waals surface area contributed by atoms with Crippen LogP contribution in [0, 0.1) is 5.92 Å². The second-order valence-corrected chi connectivity index (χ2v) is 5.98. The Morgan fingerprint density at radius 2 is 2.05 bits per heavy atom. The zero-order chi connectivity index (χ0) is 15.1. The molecule has 1 aliphatic rings. The van der Waals surface area contributed by atoms with Gasteiger partial charge in [-0.25, -0.2) is 4.98 Å². The molecule has 0 aliphatic carbocycles. The molecule has 1 saturated heterocycles. The van der Waals surface area contributed by atoms with Crippen molar-refractivity contribution in [2.45, 2.75) is 45.8 Å². The molecule has 0 radical (unpaired) electrons. The lowest BCUT2D eigenvalue weighted by atomic mass is 9.91. The molecule has 7 nitrogen and oxygen atoms in total. The van der Waals surface area contributed by atoms with Crippen LogP contribution in [-0.4, -0.2) is 43.1 Å². The molecule has 1 fully saturated rings. The van der Waals surface area contributed by atoms with Crippen molar-refractivity contribution in [3.63, 3.8) is 0 Å². The first kappa shape index (κ1) is 14.5. The highest BCUT2D eigenvalue weighted by Crippen LogP contribution is 2.25. The van der Waals surface area contributed by atoms with Gasteiger partial charge in [0.1, 0.15) is 23.7 Å². The molecule has 2 heterocycles. The molecule has 0 bridgehead atoms. The van der Waals surface area contributed by atoms with Crippen LogP contribution in [0.2, 0.25) is 0 Å². The van der Waals surface area contributed by atoms with Crippen LogP contribution >= 0.6 is 0 Å². The van der Waals surface area contributed by atoms with Crippen LogP contribution in [0.5, 0.6) is 0 Å². The van der Waals surface area contributed by atoms with Crippen molar-refractivity contribution < 1.29 is 9.59 Å². The van der Waals surface area contributed by atoms with Gasteiger partial charge in [-0.1, -0.05) is 13.8 Å². The van der Waals surface area contributed by atoms with Crippen molar-refractivity contribution in [1.29, 1.82) is 0 Å². The van der Waals surface area contributed by atoms with Crippen LogP contribution in [-0.2, 0) is 23.2 Å². The molecule has 2 amide bonds. The van der Waals surface area contributed by atoms with Gasteiger partial charge < -0.3 is 10.2 Å². The first-order valence-electron chi connectivity index (χ1n) is 6.70. The summed E-state index contributed by atoms with van der Waals surface area (Å²) in [6, 6.07) is -0.483. The standard InChI is InChI=1S/C13H21N5O2/c1-8(2)10-11(19)18(13(3,4)12(20)16-10)6-9-14-7-15-17(9)5/h7-8,10H,6H2,1-5H3,(H,16,20). The molecule has 1 aromatic heterocycles. The molecule has 1 N–H and O–H groups in total. The van der Waals surface area contributed by atoms with Crippen LogP contribution in [0.1, 0.15) is 33.5 Å². The maximum atomic E-state index is 12.6. The fraction of sp³-hybridized carbons (Fsp3) is 0.692. The first-order chi connectivity index (χ1) is 9.25. The van der Waals surface area contributed by atoms with Crippen molar-refractivity contribution in [3.05, 3.63) is 12.2 Å². The van der Waals surface area contributed by atoms with E-state index in [1.54, 1.807) is 30.5 Å². The number of aryl methyl sites for hydroxylation is 1. The predicted molar refractivity (Wildman–Crippen MR) is 72.4 cm³/mol.